The molecule has 0 radical (unpaired) electrons. The highest BCUT2D eigenvalue weighted by molar-refractivity contribution is 5.75. The maximum absolute atomic E-state index is 4.49. The van der Waals surface area contributed by atoms with Gasteiger partial charge in [-0.3, -0.25) is 0 Å². The van der Waals surface area contributed by atoms with Crippen LogP contribution in [-0.2, 0) is 0 Å². The Labute approximate surface area is 96.3 Å². The van der Waals surface area contributed by atoms with Crippen molar-refractivity contribution in [2.24, 2.45) is 0 Å². The summed E-state index contributed by atoms with van der Waals surface area (Å²) in [7, 11) is 0. The molecule has 0 saturated heterocycles. The standard InChI is InChI=1S/C14H18N2/c1-2-4-8-12(7-3-1)16-11-15-13-9-5-6-10-14(13)16/h5-6,9-12H,1-4,7-8H2. The smallest absolute Gasteiger partial charge is 0.0960 e. The Kier molecular flexibility index (Phi) is 2.65. The van der Waals surface area contributed by atoms with Gasteiger partial charge in [-0.25, -0.2) is 4.98 Å². The van der Waals surface area contributed by atoms with Crippen molar-refractivity contribution in [1.82, 2.24) is 9.55 Å². The number of imidazole rings is 1. The van der Waals surface area contributed by atoms with Gasteiger partial charge in [0.25, 0.3) is 0 Å². The lowest BCUT2D eigenvalue weighted by molar-refractivity contribution is 0.454. The topological polar surface area (TPSA) is 17.8 Å². The van der Waals surface area contributed by atoms with Crippen LogP contribution in [0.2, 0.25) is 0 Å². The van der Waals surface area contributed by atoms with E-state index in [2.05, 4.69) is 33.8 Å². The first-order valence-electron chi connectivity index (χ1n) is 6.37. The molecule has 1 saturated carbocycles. The first-order chi connectivity index (χ1) is 7.95. The van der Waals surface area contributed by atoms with Gasteiger partial charge in [-0.1, -0.05) is 37.8 Å². The van der Waals surface area contributed by atoms with Crippen LogP contribution in [0.15, 0.2) is 30.6 Å². The van der Waals surface area contributed by atoms with Gasteiger partial charge in [0.05, 0.1) is 17.4 Å². The molecule has 0 amide bonds. The summed E-state index contributed by atoms with van der Waals surface area (Å²) in [5, 5.41) is 0. The Hall–Kier alpha value is -1.31. The average molecular weight is 214 g/mol. The van der Waals surface area contributed by atoms with Crippen LogP contribution in [0.5, 0.6) is 0 Å². The molecule has 1 aliphatic rings. The normalized spacial score (nSPS) is 18.8. The van der Waals surface area contributed by atoms with Gasteiger partial charge in [0.1, 0.15) is 0 Å². The Balaban J connectivity index is 1.97. The lowest BCUT2D eigenvalue weighted by Gasteiger charge is -2.16. The zero-order valence-corrected chi connectivity index (χ0v) is 9.60. The van der Waals surface area contributed by atoms with E-state index >= 15 is 0 Å². The molecule has 1 fully saturated rings. The summed E-state index contributed by atoms with van der Waals surface area (Å²) in [6.45, 7) is 0. The van der Waals surface area contributed by atoms with Crippen LogP contribution in [-0.4, -0.2) is 9.55 Å². The van der Waals surface area contributed by atoms with Crippen LogP contribution < -0.4 is 0 Å². The molecule has 0 atom stereocenters. The summed E-state index contributed by atoms with van der Waals surface area (Å²) in [6, 6.07) is 9.13. The number of aromatic nitrogens is 2. The van der Waals surface area contributed by atoms with Crippen molar-refractivity contribution in [3.05, 3.63) is 30.6 Å². The van der Waals surface area contributed by atoms with Crippen molar-refractivity contribution < 1.29 is 0 Å². The zero-order valence-electron chi connectivity index (χ0n) is 9.60. The van der Waals surface area contributed by atoms with Crippen molar-refractivity contribution in [2.75, 3.05) is 0 Å². The number of hydrogen-bond donors (Lipinski definition) is 0. The molecule has 1 aliphatic carbocycles. The fourth-order valence-corrected chi connectivity index (χ4v) is 2.81. The van der Waals surface area contributed by atoms with Crippen molar-refractivity contribution in [2.45, 2.75) is 44.6 Å². The molecule has 3 rings (SSSR count). The second-order valence-corrected chi connectivity index (χ2v) is 4.79. The third-order valence-electron chi connectivity index (χ3n) is 3.70. The number of rotatable bonds is 1. The Morgan fingerprint density at radius 2 is 1.75 bits per heavy atom. The molecule has 1 aromatic carbocycles. The molecule has 1 aromatic heterocycles. The van der Waals surface area contributed by atoms with Crippen LogP contribution in [0.4, 0.5) is 0 Å². The first kappa shape index (κ1) is 9.88. The van der Waals surface area contributed by atoms with Gasteiger partial charge in [0.2, 0.25) is 0 Å². The van der Waals surface area contributed by atoms with Gasteiger partial charge < -0.3 is 4.57 Å². The predicted molar refractivity (Wildman–Crippen MR) is 66.5 cm³/mol. The molecular weight excluding hydrogens is 196 g/mol. The molecule has 0 unspecified atom stereocenters. The minimum Gasteiger partial charge on any atom is -0.327 e. The van der Waals surface area contributed by atoms with E-state index in [4.69, 9.17) is 0 Å². The highest BCUT2D eigenvalue weighted by Crippen LogP contribution is 2.29. The fraction of sp³-hybridized carbons (Fsp3) is 0.500. The van der Waals surface area contributed by atoms with E-state index in [-0.39, 0.29) is 0 Å². The molecule has 0 spiro atoms. The van der Waals surface area contributed by atoms with Crippen LogP contribution in [0.1, 0.15) is 44.6 Å². The molecule has 1 heterocycles. The maximum Gasteiger partial charge on any atom is 0.0960 e. The monoisotopic (exact) mass is 214 g/mol. The van der Waals surface area contributed by atoms with E-state index in [1.807, 2.05) is 6.33 Å². The van der Waals surface area contributed by atoms with E-state index in [1.165, 1.54) is 44.0 Å². The summed E-state index contributed by atoms with van der Waals surface area (Å²) in [5.74, 6) is 0. The van der Waals surface area contributed by atoms with Crippen molar-refractivity contribution in [3.63, 3.8) is 0 Å². The number of benzene rings is 1. The van der Waals surface area contributed by atoms with E-state index in [0.29, 0.717) is 6.04 Å². The van der Waals surface area contributed by atoms with E-state index in [9.17, 15) is 0 Å². The SMILES string of the molecule is c1ccc2c(c1)ncn2C1CCCCCC1. The van der Waals surface area contributed by atoms with Gasteiger partial charge >= 0.3 is 0 Å². The molecule has 16 heavy (non-hydrogen) atoms. The van der Waals surface area contributed by atoms with Gasteiger partial charge in [0.15, 0.2) is 0 Å². The van der Waals surface area contributed by atoms with Crippen molar-refractivity contribution >= 4 is 11.0 Å². The highest BCUT2D eigenvalue weighted by atomic mass is 15.1. The highest BCUT2D eigenvalue weighted by Gasteiger charge is 2.15. The lowest BCUT2D eigenvalue weighted by atomic mass is 10.1. The second-order valence-electron chi connectivity index (χ2n) is 4.79. The number of nitrogens with zero attached hydrogens (tertiary/aromatic N) is 2. The largest absolute Gasteiger partial charge is 0.327 e. The molecule has 0 aliphatic heterocycles. The fourth-order valence-electron chi connectivity index (χ4n) is 2.81. The third kappa shape index (κ3) is 1.73. The van der Waals surface area contributed by atoms with Gasteiger partial charge in [-0.15, -0.1) is 0 Å². The second kappa shape index (κ2) is 4.28. The lowest BCUT2D eigenvalue weighted by Crippen LogP contribution is -2.06. The summed E-state index contributed by atoms with van der Waals surface area (Å²) in [4.78, 5) is 4.49. The number of fused-ring (bicyclic) bond motifs is 1. The minimum absolute atomic E-state index is 0.676. The summed E-state index contributed by atoms with van der Waals surface area (Å²) >= 11 is 0. The maximum atomic E-state index is 4.49. The van der Waals surface area contributed by atoms with Crippen LogP contribution in [0.3, 0.4) is 0 Å². The molecule has 2 nitrogen and oxygen atoms in total. The summed E-state index contributed by atoms with van der Waals surface area (Å²) in [6.07, 6.45) is 10.2. The zero-order chi connectivity index (χ0) is 10.8. The number of hydrogen-bond acceptors (Lipinski definition) is 1. The van der Waals surface area contributed by atoms with Crippen LogP contribution >= 0.6 is 0 Å². The molecule has 0 N–H and O–H groups in total. The van der Waals surface area contributed by atoms with Crippen LogP contribution in [0.25, 0.3) is 11.0 Å². The van der Waals surface area contributed by atoms with E-state index in [1.54, 1.807) is 0 Å². The Morgan fingerprint density at radius 3 is 2.56 bits per heavy atom. The average Bonchev–Trinajstić information content (AvgIpc) is 2.57. The molecule has 0 bridgehead atoms. The van der Waals surface area contributed by atoms with Crippen molar-refractivity contribution in [3.8, 4) is 0 Å². The minimum atomic E-state index is 0.676. The van der Waals surface area contributed by atoms with Crippen molar-refractivity contribution in [1.29, 1.82) is 0 Å². The third-order valence-corrected chi connectivity index (χ3v) is 3.70. The predicted octanol–water partition coefficient (Wildman–Crippen LogP) is 3.93. The van der Waals surface area contributed by atoms with Gasteiger partial charge in [-0.05, 0) is 25.0 Å². The van der Waals surface area contributed by atoms with Gasteiger partial charge in [0, 0.05) is 6.04 Å². The van der Waals surface area contributed by atoms with Gasteiger partial charge in [-0.2, -0.15) is 0 Å². The molecular formula is C14H18N2. The van der Waals surface area contributed by atoms with E-state index in [0.717, 1.165) is 5.52 Å². The molecule has 2 heteroatoms. The summed E-state index contributed by atoms with van der Waals surface area (Å²) in [5.41, 5.74) is 2.43. The number of para-hydroxylation sites is 2. The van der Waals surface area contributed by atoms with E-state index < -0.39 is 0 Å². The Morgan fingerprint density at radius 1 is 1.00 bits per heavy atom. The molecule has 84 valence electrons. The summed E-state index contributed by atoms with van der Waals surface area (Å²) < 4.78 is 2.39. The quantitative estimate of drug-likeness (QED) is 0.658. The first-order valence-corrected chi connectivity index (χ1v) is 6.37. The Bertz CT molecular complexity index is 464. The molecule has 2 aromatic rings. The van der Waals surface area contributed by atoms with Crippen LogP contribution in [0, 0.1) is 0 Å².